The Balaban J connectivity index is 2.16. The third-order valence-electron chi connectivity index (χ3n) is 2.55. The van der Waals surface area contributed by atoms with Gasteiger partial charge in [-0.15, -0.1) is 11.8 Å². The van der Waals surface area contributed by atoms with Crippen molar-refractivity contribution in [3.05, 3.63) is 29.3 Å². The minimum Gasteiger partial charge on any atom is -0.299 e. The van der Waals surface area contributed by atoms with E-state index in [1.54, 1.807) is 0 Å². The van der Waals surface area contributed by atoms with Gasteiger partial charge in [-0.25, -0.2) is 0 Å². The zero-order chi connectivity index (χ0) is 9.97. The van der Waals surface area contributed by atoms with Gasteiger partial charge in [-0.1, -0.05) is 19.1 Å². The summed E-state index contributed by atoms with van der Waals surface area (Å²) < 4.78 is 0. The van der Waals surface area contributed by atoms with Crippen LogP contribution in [0.15, 0.2) is 23.1 Å². The first kappa shape index (κ1) is 9.78. The number of carbonyl (C=O) groups is 1. The number of benzene rings is 1. The van der Waals surface area contributed by atoms with Crippen molar-refractivity contribution in [2.24, 2.45) is 0 Å². The van der Waals surface area contributed by atoms with E-state index in [1.165, 1.54) is 21.8 Å². The summed E-state index contributed by atoms with van der Waals surface area (Å²) in [6.45, 7) is 1.92. The van der Waals surface area contributed by atoms with Gasteiger partial charge in [0.05, 0.1) is 0 Å². The number of rotatable bonds is 3. The summed E-state index contributed by atoms with van der Waals surface area (Å²) in [7, 11) is 0. The van der Waals surface area contributed by atoms with Crippen LogP contribution in [0.5, 0.6) is 0 Å². The number of hydrogen-bond acceptors (Lipinski definition) is 2. The zero-order valence-electron chi connectivity index (χ0n) is 8.38. The molecular formula is C12H14OS. The highest BCUT2D eigenvalue weighted by atomic mass is 32.2. The lowest BCUT2D eigenvalue weighted by molar-refractivity contribution is -0.118. The summed E-state index contributed by atoms with van der Waals surface area (Å²) in [5, 5.41) is 0. The molecule has 0 bridgehead atoms. The van der Waals surface area contributed by atoms with Crippen molar-refractivity contribution >= 4 is 17.5 Å². The summed E-state index contributed by atoms with van der Waals surface area (Å²) in [4.78, 5) is 12.7. The fraction of sp³-hybridized carbons (Fsp3) is 0.417. The Morgan fingerprint density at radius 2 is 2.36 bits per heavy atom. The second kappa shape index (κ2) is 4.18. The van der Waals surface area contributed by atoms with Crippen LogP contribution in [0.4, 0.5) is 0 Å². The fourth-order valence-corrected chi connectivity index (χ4v) is 2.76. The molecule has 0 N–H and O–H groups in total. The maximum Gasteiger partial charge on any atom is 0.136 e. The van der Waals surface area contributed by atoms with Crippen molar-refractivity contribution in [1.29, 1.82) is 0 Å². The van der Waals surface area contributed by atoms with Crippen LogP contribution >= 0.6 is 11.8 Å². The first-order valence-corrected chi connectivity index (χ1v) is 6.04. The molecule has 1 aromatic rings. The minimum absolute atomic E-state index is 0.329. The molecule has 1 aliphatic rings. The van der Waals surface area contributed by atoms with Crippen LogP contribution in [-0.2, 0) is 17.6 Å². The normalized spacial score (nSPS) is 14.1. The summed E-state index contributed by atoms with van der Waals surface area (Å²) in [6.07, 6.45) is 2.41. The van der Waals surface area contributed by atoms with E-state index in [-0.39, 0.29) is 0 Å². The minimum atomic E-state index is 0.329. The number of Topliss-reactive ketones (excluding diaryl/α,β-unsaturated/α-hetero) is 1. The number of thioether (sulfide) groups is 1. The molecule has 0 unspecified atom stereocenters. The van der Waals surface area contributed by atoms with Crippen molar-refractivity contribution in [2.75, 3.05) is 5.75 Å². The van der Waals surface area contributed by atoms with E-state index in [9.17, 15) is 4.79 Å². The monoisotopic (exact) mass is 206 g/mol. The maximum atomic E-state index is 11.3. The molecule has 0 amide bonds. The summed E-state index contributed by atoms with van der Waals surface area (Å²) in [5.74, 6) is 1.52. The molecule has 0 aromatic heterocycles. The lowest BCUT2D eigenvalue weighted by atomic mass is 10.0. The van der Waals surface area contributed by atoms with Crippen LogP contribution in [0, 0.1) is 0 Å². The Bertz CT molecular complexity index is 357. The van der Waals surface area contributed by atoms with Crippen molar-refractivity contribution < 1.29 is 4.79 Å². The van der Waals surface area contributed by atoms with Gasteiger partial charge in [-0.2, -0.15) is 0 Å². The summed E-state index contributed by atoms with van der Waals surface area (Å²) >= 11 is 1.92. The Hall–Kier alpha value is -0.760. The molecule has 0 aliphatic carbocycles. The second-order valence-corrected chi connectivity index (χ2v) is 4.75. The number of ketones is 1. The van der Waals surface area contributed by atoms with E-state index in [0.717, 1.165) is 6.42 Å². The molecule has 2 heteroatoms. The summed E-state index contributed by atoms with van der Waals surface area (Å²) in [6, 6.07) is 6.44. The molecule has 0 saturated heterocycles. The van der Waals surface area contributed by atoms with Crippen molar-refractivity contribution in [1.82, 2.24) is 0 Å². The molecular weight excluding hydrogens is 192 g/mol. The zero-order valence-corrected chi connectivity index (χ0v) is 9.19. The van der Waals surface area contributed by atoms with Gasteiger partial charge in [0.15, 0.2) is 0 Å². The molecule has 0 saturated carbocycles. The third-order valence-corrected chi connectivity index (χ3v) is 3.67. The maximum absolute atomic E-state index is 11.3. The van der Waals surface area contributed by atoms with Crippen LogP contribution in [0.25, 0.3) is 0 Å². The average molecular weight is 206 g/mol. The van der Waals surface area contributed by atoms with Gasteiger partial charge in [0.1, 0.15) is 5.78 Å². The highest BCUT2D eigenvalue weighted by Crippen LogP contribution is 2.31. The fourth-order valence-electron chi connectivity index (χ4n) is 1.70. The highest BCUT2D eigenvalue weighted by Gasteiger charge is 2.12. The SMILES string of the molecule is CCC(=O)Cc1ccc2c(c1)CCS2. The first-order valence-electron chi connectivity index (χ1n) is 5.06. The van der Waals surface area contributed by atoms with Crippen LogP contribution in [0.1, 0.15) is 24.5 Å². The molecule has 14 heavy (non-hydrogen) atoms. The summed E-state index contributed by atoms with van der Waals surface area (Å²) in [5.41, 5.74) is 2.61. The molecule has 1 aliphatic heterocycles. The van der Waals surface area contributed by atoms with Gasteiger partial charge in [0.25, 0.3) is 0 Å². The molecule has 74 valence electrons. The number of fused-ring (bicyclic) bond motifs is 1. The van der Waals surface area contributed by atoms with Gasteiger partial charge in [-0.05, 0) is 23.6 Å². The molecule has 2 rings (SSSR count). The largest absolute Gasteiger partial charge is 0.299 e. The topological polar surface area (TPSA) is 17.1 Å². The molecule has 1 aromatic carbocycles. The van der Waals surface area contributed by atoms with Gasteiger partial charge in [0.2, 0.25) is 0 Å². The Morgan fingerprint density at radius 3 is 3.14 bits per heavy atom. The van der Waals surface area contributed by atoms with Gasteiger partial charge >= 0.3 is 0 Å². The number of hydrogen-bond donors (Lipinski definition) is 0. The Kier molecular flexibility index (Phi) is 2.92. The van der Waals surface area contributed by atoms with E-state index in [2.05, 4.69) is 18.2 Å². The van der Waals surface area contributed by atoms with Crippen LogP contribution in [-0.4, -0.2) is 11.5 Å². The van der Waals surface area contributed by atoms with E-state index in [1.807, 2.05) is 18.7 Å². The highest BCUT2D eigenvalue weighted by molar-refractivity contribution is 7.99. The van der Waals surface area contributed by atoms with Crippen LogP contribution < -0.4 is 0 Å². The Morgan fingerprint density at radius 1 is 1.50 bits per heavy atom. The molecule has 1 heterocycles. The molecule has 0 radical (unpaired) electrons. The van der Waals surface area contributed by atoms with Crippen LogP contribution in [0.3, 0.4) is 0 Å². The van der Waals surface area contributed by atoms with Crippen molar-refractivity contribution in [3.8, 4) is 0 Å². The first-order chi connectivity index (χ1) is 6.79. The average Bonchev–Trinajstić information content (AvgIpc) is 2.64. The van der Waals surface area contributed by atoms with Crippen LogP contribution in [0.2, 0.25) is 0 Å². The predicted molar refractivity (Wildman–Crippen MR) is 59.9 cm³/mol. The van der Waals surface area contributed by atoms with Gasteiger partial charge in [0, 0.05) is 23.5 Å². The lowest BCUT2D eigenvalue weighted by Gasteiger charge is -2.02. The number of aryl methyl sites for hydroxylation is 1. The van der Waals surface area contributed by atoms with E-state index >= 15 is 0 Å². The van der Waals surface area contributed by atoms with E-state index < -0.39 is 0 Å². The van der Waals surface area contributed by atoms with Crippen molar-refractivity contribution in [2.45, 2.75) is 31.1 Å². The van der Waals surface area contributed by atoms with E-state index in [4.69, 9.17) is 0 Å². The van der Waals surface area contributed by atoms with Crippen molar-refractivity contribution in [3.63, 3.8) is 0 Å². The number of carbonyl (C=O) groups excluding carboxylic acids is 1. The molecule has 1 nitrogen and oxygen atoms in total. The smallest absolute Gasteiger partial charge is 0.136 e. The molecule has 0 atom stereocenters. The molecule has 0 spiro atoms. The quantitative estimate of drug-likeness (QED) is 0.756. The van der Waals surface area contributed by atoms with Gasteiger partial charge < -0.3 is 0 Å². The Labute approximate surface area is 88.9 Å². The standard InChI is InChI=1S/C12H14OS/c1-2-11(13)8-9-3-4-12-10(7-9)5-6-14-12/h3-4,7H,2,5-6,8H2,1H3. The predicted octanol–water partition coefficient (Wildman–Crippen LogP) is 2.86. The van der Waals surface area contributed by atoms with Gasteiger partial charge in [-0.3, -0.25) is 4.79 Å². The lowest BCUT2D eigenvalue weighted by Crippen LogP contribution is -2.00. The second-order valence-electron chi connectivity index (χ2n) is 3.61. The van der Waals surface area contributed by atoms with E-state index in [0.29, 0.717) is 18.6 Å². The molecule has 0 fully saturated rings. The third kappa shape index (κ3) is 2.01.